The number of carboxylic acids is 1. The zero-order valence-corrected chi connectivity index (χ0v) is 11.2. The van der Waals surface area contributed by atoms with Gasteiger partial charge in [-0.05, 0) is 49.1 Å². The number of rotatable bonds is 4. The molecule has 0 aromatic heterocycles. The van der Waals surface area contributed by atoms with Gasteiger partial charge in [0.05, 0.1) is 17.7 Å². The third-order valence-electron chi connectivity index (χ3n) is 4.69. The van der Waals surface area contributed by atoms with Gasteiger partial charge < -0.3 is 9.84 Å². The van der Waals surface area contributed by atoms with Gasteiger partial charge in [-0.1, -0.05) is 18.6 Å². The summed E-state index contributed by atoms with van der Waals surface area (Å²) in [5.74, 6) is 0.357. The van der Waals surface area contributed by atoms with Crippen LogP contribution in [-0.2, 0) is 4.74 Å². The molecule has 4 nitrogen and oxygen atoms in total. The number of carbonyl (C=O) groups excluding carboxylic acids is 1. The van der Waals surface area contributed by atoms with E-state index in [2.05, 4.69) is 0 Å². The van der Waals surface area contributed by atoms with E-state index in [1.165, 1.54) is 31.4 Å². The van der Waals surface area contributed by atoms with Crippen LogP contribution in [0.5, 0.6) is 0 Å². The molecule has 0 radical (unpaired) electrons. The maximum Gasteiger partial charge on any atom is 0.339 e. The van der Waals surface area contributed by atoms with Crippen LogP contribution in [0.1, 0.15) is 46.4 Å². The van der Waals surface area contributed by atoms with E-state index in [-0.39, 0.29) is 11.1 Å². The molecule has 2 fully saturated rings. The average molecular weight is 274 g/mol. The summed E-state index contributed by atoms with van der Waals surface area (Å²) in [4.78, 5) is 23.1. The van der Waals surface area contributed by atoms with Crippen LogP contribution in [0.15, 0.2) is 24.3 Å². The summed E-state index contributed by atoms with van der Waals surface area (Å²) < 4.78 is 5.35. The van der Waals surface area contributed by atoms with Crippen molar-refractivity contribution in [1.29, 1.82) is 0 Å². The van der Waals surface area contributed by atoms with Crippen LogP contribution in [-0.4, -0.2) is 23.7 Å². The molecule has 0 amide bonds. The number of ether oxygens (including phenoxy) is 1. The highest BCUT2D eigenvalue weighted by atomic mass is 16.5. The van der Waals surface area contributed by atoms with Crippen LogP contribution in [0.2, 0.25) is 0 Å². The molecule has 0 heterocycles. The average Bonchev–Trinajstić information content (AvgIpc) is 3.07. The van der Waals surface area contributed by atoms with E-state index in [0.717, 1.165) is 12.3 Å². The molecule has 0 unspecified atom stereocenters. The summed E-state index contributed by atoms with van der Waals surface area (Å²) in [6, 6.07) is 6.19. The Kier molecular flexibility index (Phi) is 3.47. The van der Waals surface area contributed by atoms with E-state index in [0.29, 0.717) is 18.4 Å². The van der Waals surface area contributed by atoms with Gasteiger partial charge in [0.1, 0.15) is 0 Å². The van der Waals surface area contributed by atoms with Crippen molar-refractivity contribution in [3.63, 3.8) is 0 Å². The Hall–Kier alpha value is -1.84. The second-order valence-electron chi connectivity index (χ2n) is 5.88. The smallest absolute Gasteiger partial charge is 0.339 e. The Morgan fingerprint density at radius 3 is 2.50 bits per heavy atom. The second kappa shape index (κ2) is 5.27. The van der Waals surface area contributed by atoms with Gasteiger partial charge in [-0.3, -0.25) is 0 Å². The minimum atomic E-state index is -1.10. The molecule has 2 aliphatic rings. The second-order valence-corrected chi connectivity index (χ2v) is 5.88. The molecule has 2 saturated carbocycles. The molecule has 106 valence electrons. The molecule has 1 N–H and O–H groups in total. The fourth-order valence-corrected chi connectivity index (χ4v) is 3.69. The summed E-state index contributed by atoms with van der Waals surface area (Å²) >= 11 is 0. The van der Waals surface area contributed by atoms with E-state index in [4.69, 9.17) is 9.84 Å². The van der Waals surface area contributed by atoms with Gasteiger partial charge in [0.15, 0.2) is 0 Å². The number of esters is 1. The van der Waals surface area contributed by atoms with E-state index < -0.39 is 11.9 Å². The van der Waals surface area contributed by atoms with Crippen molar-refractivity contribution < 1.29 is 19.4 Å². The Morgan fingerprint density at radius 1 is 1.15 bits per heavy atom. The quantitative estimate of drug-likeness (QED) is 0.857. The van der Waals surface area contributed by atoms with Gasteiger partial charge in [0.2, 0.25) is 0 Å². The largest absolute Gasteiger partial charge is 0.478 e. The molecule has 0 aliphatic heterocycles. The molecule has 0 spiro atoms. The normalized spacial score (nSPS) is 27.5. The Bertz CT molecular complexity index is 537. The fraction of sp³-hybridized carbons (Fsp3) is 0.500. The highest BCUT2D eigenvalue weighted by molar-refractivity contribution is 6.02. The molecule has 0 saturated heterocycles. The maximum atomic E-state index is 12.0. The molecule has 2 bridgehead atoms. The predicted octanol–water partition coefficient (Wildman–Crippen LogP) is 2.98. The van der Waals surface area contributed by atoms with Crippen molar-refractivity contribution in [2.24, 2.45) is 17.8 Å². The lowest BCUT2D eigenvalue weighted by atomic mass is 9.89. The van der Waals surface area contributed by atoms with Crippen molar-refractivity contribution in [3.8, 4) is 0 Å². The molecule has 2 aliphatic carbocycles. The molecular weight excluding hydrogens is 256 g/mol. The first-order valence-corrected chi connectivity index (χ1v) is 7.14. The van der Waals surface area contributed by atoms with Gasteiger partial charge in [0.25, 0.3) is 0 Å². The molecule has 3 rings (SSSR count). The van der Waals surface area contributed by atoms with Crippen molar-refractivity contribution in [2.45, 2.75) is 25.7 Å². The number of aromatic carboxylic acids is 1. The highest BCUT2D eigenvalue weighted by Gasteiger charge is 2.40. The van der Waals surface area contributed by atoms with Gasteiger partial charge in [0, 0.05) is 0 Å². The predicted molar refractivity (Wildman–Crippen MR) is 72.6 cm³/mol. The molecular formula is C16H18O4. The number of fused-ring (bicyclic) bond motifs is 2. The van der Waals surface area contributed by atoms with E-state index in [1.54, 1.807) is 12.1 Å². The van der Waals surface area contributed by atoms with E-state index in [1.807, 2.05) is 0 Å². The Balaban J connectivity index is 1.64. The van der Waals surface area contributed by atoms with E-state index >= 15 is 0 Å². The molecule has 1 aromatic carbocycles. The number of carbonyl (C=O) groups is 2. The van der Waals surface area contributed by atoms with Crippen molar-refractivity contribution in [2.75, 3.05) is 6.61 Å². The monoisotopic (exact) mass is 274 g/mol. The summed E-state index contributed by atoms with van der Waals surface area (Å²) in [6.45, 7) is 0.425. The first-order chi connectivity index (χ1) is 9.65. The minimum absolute atomic E-state index is 0.00504. The minimum Gasteiger partial charge on any atom is -0.478 e. The van der Waals surface area contributed by atoms with Crippen LogP contribution in [0.25, 0.3) is 0 Å². The van der Waals surface area contributed by atoms with Crippen LogP contribution < -0.4 is 0 Å². The summed E-state index contributed by atoms with van der Waals surface area (Å²) in [5.41, 5.74) is 0.147. The Morgan fingerprint density at radius 2 is 1.90 bits per heavy atom. The third-order valence-corrected chi connectivity index (χ3v) is 4.69. The van der Waals surface area contributed by atoms with Crippen LogP contribution in [0.4, 0.5) is 0 Å². The summed E-state index contributed by atoms with van der Waals surface area (Å²) in [5, 5.41) is 9.07. The van der Waals surface area contributed by atoms with Crippen molar-refractivity contribution in [1.82, 2.24) is 0 Å². The summed E-state index contributed by atoms with van der Waals surface area (Å²) in [6.07, 6.45) is 4.99. The van der Waals surface area contributed by atoms with Crippen LogP contribution in [0, 0.1) is 17.8 Å². The molecule has 4 heteroatoms. The van der Waals surface area contributed by atoms with E-state index in [9.17, 15) is 9.59 Å². The molecule has 20 heavy (non-hydrogen) atoms. The SMILES string of the molecule is O=C(O)c1ccccc1C(=O)OC[C@@H]1C[C@H]2CC[C@@H]1C2. The van der Waals surface area contributed by atoms with Gasteiger partial charge in [-0.25, -0.2) is 9.59 Å². The standard InChI is InChI=1S/C16H18O4/c17-15(18)13-3-1-2-4-14(13)16(19)20-9-12-8-10-5-6-11(12)7-10/h1-4,10-12H,5-9H2,(H,17,18)/t10-,11+,12-/m0/s1. The highest BCUT2D eigenvalue weighted by Crippen LogP contribution is 2.48. The van der Waals surface area contributed by atoms with Crippen molar-refractivity contribution >= 4 is 11.9 Å². The lowest BCUT2D eigenvalue weighted by Crippen LogP contribution is -2.20. The zero-order valence-electron chi connectivity index (χ0n) is 11.2. The van der Waals surface area contributed by atoms with Gasteiger partial charge in [-0.2, -0.15) is 0 Å². The number of carboxylic acid groups (broad SMARTS) is 1. The number of hydrogen-bond donors (Lipinski definition) is 1. The fourth-order valence-electron chi connectivity index (χ4n) is 3.69. The first kappa shape index (κ1) is 13.2. The topological polar surface area (TPSA) is 63.6 Å². The van der Waals surface area contributed by atoms with Crippen molar-refractivity contribution in [3.05, 3.63) is 35.4 Å². The maximum absolute atomic E-state index is 12.0. The molecule has 3 atom stereocenters. The van der Waals surface area contributed by atoms with Gasteiger partial charge >= 0.3 is 11.9 Å². The lowest BCUT2D eigenvalue weighted by Gasteiger charge is -2.21. The van der Waals surface area contributed by atoms with Crippen LogP contribution in [0.3, 0.4) is 0 Å². The Labute approximate surface area is 117 Å². The van der Waals surface area contributed by atoms with Crippen LogP contribution >= 0.6 is 0 Å². The number of hydrogen-bond acceptors (Lipinski definition) is 3. The van der Waals surface area contributed by atoms with Gasteiger partial charge in [-0.15, -0.1) is 0 Å². The lowest BCUT2D eigenvalue weighted by molar-refractivity contribution is 0.0387. The molecule has 1 aromatic rings. The number of benzene rings is 1. The first-order valence-electron chi connectivity index (χ1n) is 7.14. The summed E-state index contributed by atoms with van der Waals surface area (Å²) in [7, 11) is 0. The third kappa shape index (κ3) is 2.42. The zero-order chi connectivity index (χ0) is 14.1.